The summed E-state index contributed by atoms with van der Waals surface area (Å²) in [5, 5.41) is 2.91. The van der Waals surface area contributed by atoms with Gasteiger partial charge in [-0.3, -0.25) is 4.79 Å². The molecule has 0 unspecified atom stereocenters. The first-order valence-electron chi connectivity index (χ1n) is 10.9. The number of carbonyl (C=O) groups is 1. The SMILES string of the molecule is CCN1CCN(CCCNC(=O)c2ccc(OC)c(S(=O)(=O)N3CCOCC3)c2)CC1. The molecule has 0 radical (unpaired) electrons. The van der Waals surface area contributed by atoms with Crippen LogP contribution in [0.3, 0.4) is 0 Å². The van der Waals surface area contributed by atoms with E-state index in [1.807, 2.05) is 0 Å². The molecule has 2 saturated heterocycles. The summed E-state index contributed by atoms with van der Waals surface area (Å²) >= 11 is 0. The van der Waals surface area contributed by atoms with Crippen LogP contribution in [-0.2, 0) is 14.8 Å². The summed E-state index contributed by atoms with van der Waals surface area (Å²) in [6, 6.07) is 4.54. The Kier molecular flexibility index (Phi) is 8.67. The van der Waals surface area contributed by atoms with Crippen molar-refractivity contribution in [2.45, 2.75) is 18.2 Å². The number of ether oxygens (including phenoxy) is 2. The highest BCUT2D eigenvalue weighted by atomic mass is 32.2. The van der Waals surface area contributed by atoms with Crippen LogP contribution < -0.4 is 10.1 Å². The van der Waals surface area contributed by atoms with Gasteiger partial charge in [0.05, 0.1) is 20.3 Å². The largest absolute Gasteiger partial charge is 0.495 e. The highest BCUT2D eigenvalue weighted by Crippen LogP contribution is 2.28. The predicted octanol–water partition coefficient (Wildman–Crippen LogP) is 0.474. The summed E-state index contributed by atoms with van der Waals surface area (Å²) in [7, 11) is -2.35. The van der Waals surface area contributed by atoms with Gasteiger partial charge >= 0.3 is 0 Å². The second-order valence-electron chi connectivity index (χ2n) is 7.77. The van der Waals surface area contributed by atoms with Gasteiger partial charge in [0.2, 0.25) is 10.0 Å². The fourth-order valence-corrected chi connectivity index (χ4v) is 5.47. The number of benzene rings is 1. The first kappa shape index (κ1) is 23.9. The number of carbonyl (C=O) groups excluding carboxylic acids is 1. The highest BCUT2D eigenvalue weighted by molar-refractivity contribution is 7.89. The summed E-state index contributed by atoms with van der Waals surface area (Å²) in [6.07, 6.45) is 0.854. The van der Waals surface area contributed by atoms with E-state index in [0.29, 0.717) is 25.3 Å². The van der Waals surface area contributed by atoms with Crippen LogP contribution in [0.15, 0.2) is 23.1 Å². The van der Waals surface area contributed by atoms with E-state index in [1.54, 1.807) is 6.07 Å². The lowest BCUT2D eigenvalue weighted by atomic mass is 10.2. The molecular weight excluding hydrogens is 420 g/mol. The first-order valence-corrected chi connectivity index (χ1v) is 12.4. The Labute approximate surface area is 185 Å². The molecule has 0 aromatic heterocycles. The minimum atomic E-state index is -3.77. The number of nitrogens with zero attached hydrogens (tertiary/aromatic N) is 3. The lowest BCUT2D eigenvalue weighted by Crippen LogP contribution is -2.46. The molecule has 1 aromatic rings. The zero-order chi connectivity index (χ0) is 22.3. The maximum absolute atomic E-state index is 13.1. The van der Waals surface area contributed by atoms with Crippen LogP contribution in [0.1, 0.15) is 23.7 Å². The van der Waals surface area contributed by atoms with Crippen LogP contribution in [0, 0.1) is 0 Å². The van der Waals surface area contributed by atoms with E-state index in [4.69, 9.17) is 9.47 Å². The molecule has 2 fully saturated rings. The van der Waals surface area contributed by atoms with Crippen LogP contribution in [0.4, 0.5) is 0 Å². The molecule has 0 spiro atoms. The lowest BCUT2D eigenvalue weighted by Gasteiger charge is -2.33. The van der Waals surface area contributed by atoms with Crippen molar-refractivity contribution in [2.75, 3.05) is 79.2 Å². The monoisotopic (exact) mass is 454 g/mol. The van der Waals surface area contributed by atoms with Gasteiger partial charge in [-0.05, 0) is 37.7 Å². The average Bonchev–Trinajstić information content (AvgIpc) is 2.82. The van der Waals surface area contributed by atoms with Crippen molar-refractivity contribution in [3.8, 4) is 5.75 Å². The van der Waals surface area contributed by atoms with E-state index in [0.717, 1.165) is 45.7 Å². The summed E-state index contributed by atoms with van der Waals surface area (Å²) in [4.78, 5) is 17.5. The summed E-state index contributed by atoms with van der Waals surface area (Å²) in [5.74, 6) is -0.0499. The van der Waals surface area contributed by atoms with E-state index >= 15 is 0 Å². The Balaban J connectivity index is 1.57. The smallest absolute Gasteiger partial charge is 0.251 e. The minimum Gasteiger partial charge on any atom is -0.495 e. The third kappa shape index (κ3) is 6.17. The molecule has 2 heterocycles. The van der Waals surface area contributed by atoms with Crippen LogP contribution >= 0.6 is 0 Å². The molecule has 2 aliphatic heterocycles. The van der Waals surface area contributed by atoms with Gasteiger partial charge in [-0.1, -0.05) is 6.92 Å². The summed E-state index contributed by atoms with van der Waals surface area (Å²) in [5.41, 5.74) is 0.309. The number of likely N-dealkylation sites (N-methyl/N-ethyl adjacent to an activating group) is 1. The number of nitrogens with one attached hydrogen (secondary N) is 1. The van der Waals surface area contributed by atoms with E-state index in [2.05, 4.69) is 22.0 Å². The molecule has 3 rings (SSSR count). The van der Waals surface area contributed by atoms with Gasteiger partial charge in [0.25, 0.3) is 5.91 Å². The van der Waals surface area contributed by atoms with E-state index in [1.165, 1.54) is 23.5 Å². The van der Waals surface area contributed by atoms with E-state index in [-0.39, 0.29) is 29.6 Å². The molecule has 1 amide bonds. The van der Waals surface area contributed by atoms with Crippen molar-refractivity contribution in [3.63, 3.8) is 0 Å². The summed E-state index contributed by atoms with van der Waals surface area (Å²) in [6.45, 7) is 10.3. The van der Waals surface area contributed by atoms with Gasteiger partial charge in [0.15, 0.2) is 0 Å². The first-order chi connectivity index (χ1) is 15.0. The fourth-order valence-electron chi connectivity index (χ4n) is 3.88. The molecule has 31 heavy (non-hydrogen) atoms. The number of rotatable bonds is 9. The van der Waals surface area contributed by atoms with Crippen molar-refractivity contribution in [2.24, 2.45) is 0 Å². The minimum absolute atomic E-state index is 0.0124. The maximum Gasteiger partial charge on any atom is 0.251 e. The molecule has 0 aliphatic carbocycles. The second-order valence-corrected chi connectivity index (χ2v) is 9.67. The number of sulfonamides is 1. The van der Waals surface area contributed by atoms with Gasteiger partial charge in [0.1, 0.15) is 10.6 Å². The van der Waals surface area contributed by atoms with Gasteiger partial charge in [0, 0.05) is 51.4 Å². The van der Waals surface area contributed by atoms with Gasteiger partial charge in [-0.25, -0.2) is 8.42 Å². The molecule has 9 nitrogen and oxygen atoms in total. The molecule has 0 saturated carbocycles. The second kappa shape index (κ2) is 11.2. The fraction of sp³-hybridized carbons (Fsp3) is 0.667. The molecule has 0 atom stereocenters. The number of amides is 1. The molecule has 10 heteroatoms. The molecule has 1 N–H and O–H groups in total. The van der Waals surface area contributed by atoms with Crippen molar-refractivity contribution < 1.29 is 22.7 Å². The third-order valence-electron chi connectivity index (χ3n) is 5.86. The zero-order valence-electron chi connectivity index (χ0n) is 18.5. The molecule has 0 bridgehead atoms. The molecule has 174 valence electrons. The lowest BCUT2D eigenvalue weighted by molar-refractivity contribution is 0.0729. The highest BCUT2D eigenvalue weighted by Gasteiger charge is 2.30. The Morgan fingerprint density at radius 3 is 2.42 bits per heavy atom. The standard InChI is InChI=1S/C21H34N4O5S/c1-3-23-9-11-24(12-10-23)8-4-7-22-21(26)18-5-6-19(29-2)20(17-18)31(27,28)25-13-15-30-16-14-25/h5-6,17H,3-4,7-16H2,1-2H3,(H,22,26). The summed E-state index contributed by atoms with van der Waals surface area (Å²) < 4.78 is 38.0. The normalized spacial score (nSPS) is 19.3. The van der Waals surface area contributed by atoms with Crippen molar-refractivity contribution in [3.05, 3.63) is 23.8 Å². The van der Waals surface area contributed by atoms with Crippen LogP contribution in [0.5, 0.6) is 5.75 Å². The predicted molar refractivity (Wildman–Crippen MR) is 118 cm³/mol. The van der Waals surface area contributed by atoms with Crippen molar-refractivity contribution in [1.82, 2.24) is 19.4 Å². The maximum atomic E-state index is 13.1. The number of hydrogen-bond acceptors (Lipinski definition) is 7. The third-order valence-corrected chi connectivity index (χ3v) is 7.78. The molecule has 2 aliphatic rings. The van der Waals surface area contributed by atoms with E-state index in [9.17, 15) is 13.2 Å². The number of piperazine rings is 1. The topological polar surface area (TPSA) is 91.4 Å². The Bertz CT molecular complexity index is 834. The Morgan fingerprint density at radius 1 is 1.10 bits per heavy atom. The van der Waals surface area contributed by atoms with Crippen LogP contribution in [-0.4, -0.2) is 108 Å². The van der Waals surface area contributed by atoms with Gasteiger partial charge < -0.3 is 24.6 Å². The number of methoxy groups -OCH3 is 1. The van der Waals surface area contributed by atoms with Gasteiger partial charge in [-0.15, -0.1) is 0 Å². The van der Waals surface area contributed by atoms with Crippen molar-refractivity contribution in [1.29, 1.82) is 0 Å². The van der Waals surface area contributed by atoms with Crippen LogP contribution in [0.25, 0.3) is 0 Å². The Hall–Kier alpha value is -1.72. The average molecular weight is 455 g/mol. The van der Waals surface area contributed by atoms with E-state index < -0.39 is 10.0 Å². The quantitative estimate of drug-likeness (QED) is 0.543. The Morgan fingerprint density at radius 2 is 1.77 bits per heavy atom. The number of hydrogen-bond donors (Lipinski definition) is 1. The number of morpholine rings is 1. The molecule has 1 aromatic carbocycles. The van der Waals surface area contributed by atoms with Crippen molar-refractivity contribution >= 4 is 15.9 Å². The van der Waals surface area contributed by atoms with Crippen LogP contribution in [0.2, 0.25) is 0 Å². The van der Waals surface area contributed by atoms with Gasteiger partial charge in [-0.2, -0.15) is 4.31 Å². The zero-order valence-corrected chi connectivity index (χ0v) is 19.3. The molecular formula is C21H34N4O5S.